The third kappa shape index (κ3) is 5.40. The first-order valence-electron chi connectivity index (χ1n) is 26.7. The number of para-hydroxylation sites is 2. The summed E-state index contributed by atoms with van der Waals surface area (Å²) in [5, 5.41) is 4.75. The van der Waals surface area contributed by atoms with Crippen molar-refractivity contribution >= 4 is 60.9 Å². The Morgan fingerprint density at radius 3 is 1.60 bits per heavy atom. The second-order valence-electron chi connectivity index (χ2n) is 24.0. The van der Waals surface area contributed by atoms with Crippen molar-refractivity contribution in [2.75, 3.05) is 4.90 Å². The minimum atomic E-state index is -0.321. The van der Waals surface area contributed by atoms with Crippen LogP contribution in [0.2, 0.25) is 0 Å². The van der Waals surface area contributed by atoms with E-state index in [9.17, 15) is 0 Å². The summed E-state index contributed by atoms with van der Waals surface area (Å²) < 4.78 is 13.4. The van der Waals surface area contributed by atoms with Gasteiger partial charge < -0.3 is 13.7 Å². The SMILES string of the molecule is CC1(C)c2cc(N(c3ccc4c(c3)C(C)(C)c3cc(-c5ccccc5)c5oc6ccccc6c5c3-4)c3cccc4c3-c3ccccc3C4(C)C)ccc2-c2cc3c(cc21)-c1c(ccc2oc4ccccc4c12)C3(C)C. The molecule has 0 atom stereocenters. The lowest BCUT2D eigenvalue weighted by Gasteiger charge is -2.31. The van der Waals surface area contributed by atoms with E-state index in [4.69, 9.17) is 8.83 Å². The Labute approximate surface area is 437 Å². The van der Waals surface area contributed by atoms with Crippen LogP contribution in [0, 0.1) is 0 Å². The molecule has 3 heteroatoms. The number of anilines is 3. The third-order valence-corrected chi connectivity index (χ3v) is 18.7. The van der Waals surface area contributed by atoms with Crippen molar-refractivity contribution in [3.63, 3.8) is 0 Å². The largest absolute Gasteiger partial charge is 0.456 e. The van der Waals surface area contributed by atoms with Crippen LogP contribution in [-0.4, -0.2) is 0 Å². The molecule has 3 nitrogen and oxygen atoms in total. The molecule has 0 spiro atoms. The fourth-order valence-corrected chi connectivity index (χ4v) is 14.8. The average Bonchev–Trinajstić information content (AvgIpc) is 4.40. The van der Waals surface area contributed by atoms with E-state index in [0.29, 0.717) is 0 Å². The number of rotatable bonds is 4. The molecular formula is C72H55NO2. The van der Waals surface area contributed by atoms with Gasteiger partial charge in [-0.05, 0) is 156 Å². The van der Waals surface area contributed by atoms with Gasteiger partial charge in [-0.15, -0.1) is 0 Å². The highest BCUT2D eigenvalue weighted by molar-refractivity contribution is 6.19. The molecule has 0 saturated heterocycles. The van der Waals surface area contributed by atoms with Crippen LogP contribution in [0.15, 0.2) is 197 Å². The molecule has 360 valence electrons. The van der Waals surface area contributed by atoms with Gasteiger partial charge in [-0.1, -0.05) is 177 Å². The molecule has 0 aliphatic heterocycles. The molecule has 75 heavy (non-hydrogen) atoms. The lowest BCUT2D eigenvalue weighted by molar-refractivity contribution is 0.651. The molecule has 0 N–H and O–H groups in total. The molecule has 0 saturated carbocycles. The minimum Gasteiger partial charge on any atom is -0.456 e. The topological polar surface area (TPSA) is 29.5 Å². The van der Waals surface area contributed by atoms with Crippen molar-refractivity contribution in [3.8, 4) is 55.6 Å². The quantitative estimate of drug-likeness (QED) is 0.176. The van der Waals surface area contributed by atoms with E-state index in [1.165, 1.54) is 111 Å². The Morgan fingerprint density at radius 2 is 0.827 bits per heavy atom. The second-order valence-corrected chi connectivity index (χ2v) is 24.0. The lowest BCUT2D eigenvalue weighted by atomic mass is 9.79. The molecule has 12 aromatic rings. The van der Waals surface area contributed by atoms with Crippen LogP contribution in [0.4, 0.5) is 17.1 Å². The molecule has 4 aliphatic rings. The molecule has 0 bridgehead atoms. The van der Waals surface area contributed by atoms with E-state index in [1.807, 2.05) is 0 Å². The van der Waals surface area contributed by atoms with Gasteiger partial charge in [0.25, 0.3) is 0 Å². The molecule has 0 amide bonds. The Kier molecular flexibility index (Phi) is 8.18. The highest BCUT2D eigenvalue weighted by atomic mass is 16.3. The standard InChI is InChI=1S/C72H55NO2/c1-69(2)51-24-15-12-21-44(51)63-52(69)25-18-26-59(63)73(42-30-32-45-55(36-42)72(7,8)58-37-48(40-19-10-9-11-20-40)68-67(64(45)58)47-23-14-17-28-61(47)75-68)41-29-31-43-49-38-57-50(39-56(49)71(5,6)54(43)35-41)65-53(70(57,3)4)33-34-62-66(65)46-22-13-16-27-60(46)74-62/h9-39H,1-8H3. The highest BCUT2D eigenvalue weighted by Gasteiger charge is 2.45. The van der Waals surface area contributed by atoms with E-state index in [-0.39, 0.29) is 21.7 Å². The summed E-state index contributed by atoms with van der Waals surface area (Å²) in [5.41, 5.74) is 29.8. The van der Waals surface area contributed by atoms with Crippen molar-refractivity contribution in [2.45, 2.75) is 77.0 Å². The first kappa shape index (κ1) is 43.0. The third-order valence-electron chi connectivity index (χ3n) is 18.7. The Morgan fingerprint density at radius 1 is 0.307 bits per heavy atom. The van der Waals surface area contributed by atoms with Gasteiger partial charge in [0.2, 0.25) is 0 Å². The number of hydrogen-bond acceptors (Lipinski definition) is 3. The highest BCUT2D eigenvalue weighted by Crippen LogP contribution is 2.61. The zero-order chi connectivity index (χ0) is 50.7. The van der Waals surface area contributed by atoms with Crippen LogP contribution in [0.5, 0.6) is 0 Å². The van der Waals surface area contributed by atoms with Crippen LogP contribution in [0.1, 0.15) is 99.9 Å². The monoisotopic (exact) mass is 965 g/mol. The van der Waals surface area contributed by atoms with Crippen LogP contribution in [-0.2, 0) is 21.7 Å². The molecule has 16 rings (SSSR count). The summed E-state index contributed by atoms with van der Waals surface area (Å²) in [4.78, 5) is 2.58. The molecular weight excluding hydrogens is 911 g/mol. The van der Waals surface area contributed by atoms with Gasteiger partial charge in [0.1, 0.15) is 22.3 Å². The van der Waals surface area contributed by atoms with Crippen LogP contribution < -0.4 is 4.90 Å². The smallest absolute Gasteiger partial charge is 0.143 e. The molecule has 2 heterocycles. The number of furan rings is 2. The van der Waals surface area contributed by atoms with E-state index in [2.05, 4.69) is 248 Å². The van der Waals surface area contributed by atoms with E-state index in [0.717, 1.165) is 50.2 Å². The molecule has 0 fully saturated rings. The van der Waals surface area contributed by atoms with E-state index < -0.39 is 0 Å². The van der Waals surface area contributed by atoms with Crippen molar-refractivity contribution in [3.05, 3.63) is 233 Å². The molecule has 4 aliphatic carbocycles. The lowest BCUT2D eigenvalue weighted by Crippen LogP contribution is -2.19. The molecule has 0 radical (unpaired) electrons. The Bertz CT molecular complexity index is 4530. The zero-order valence-corrected chi connectivity index (χ0v) is 43.7. The van der Waals surface area contributed by atoms with E-state index in [1.54, 1.807) is 0 Å². The number of hydrogen-bond donors (Lipinski definition) is 0. The maximum absolute atomic E-state index is 6.85. The number of benzene rings is 10. The number of fused-ring (bicyclic) bond motifs is 20. The second kappa shape index (κ2) is 14.3. The normalized spacial score (nSPS) is 16.2. The van der Waals surface area contributed by atoms with Crippen LogP contribution >= 0.6 is 0 Å². The van der Waals surface area contributed by atoms with Gasteiger partial charge in [0.05, 0.1) is 5.69 Å². The van der Waals surface area contributed by atoms with Gasteiger partial charge in [-0.25, -0.2) is 0 Å². The summed E-state index contributed by atoms with van der Waals surface area (Å²) >= 11 is 0. The summed E-state index contributed by atoms with van der Waals surface area (Å²) in [7, 11) is 0. The van der Waals surface area contributed by atoms with Gasteiger partial charge in [-0.3, -0.25) is 0 Å². The van der Waals surface area contributed by atoms with Crippen molar-refractivity contribution in [1.29, 1.82) is 0 Å². The maximum atomic E-state index is 6.85. The predicted octanol–water partition coefficient (Wildman–Crippen LogP) is 19.8. The average molecular weight is 966 g/mol. The van der Waals surface area contributed by atoms with Gasteiger partial charge in [-0.2, -0.15) is 0 Å². The maximum Gasteiger partial charge on any atom is 0.143 e. The summed E-state index contributed by atoms with van der Waals surface area (Å²) in [6.45, 7) is 19.3. The fourth-order valence-electron chi connectivity index (χ4n) is 14.8. The number of nitrogens with zero attached hydrogens (tertiary/aromatic N) is 1. The fraction of sp³-hybridized carbons (Fsp3) is 0.167. The van der Waals surface area contributed by atoms with Crippen LogP contribution in [0.25, 0.3) is 99.5 Å². The molecule has 10 aromatic carbocycles. The zero-order valence-electron chi connectivity index (χ0n) is 43.7. The summed E-state index contributed by atoms with van der Waals surface area (Å²) in [6, 6.07) is 70.5. The van der Waals surface area contributed by atoms with Gasteiger partial charge >= 0.3 is 0 Å². The van der Waals surface area contributed by atoms with Crippen molar-refractivity contribution < 1.29 is 8.83 Å². The Balaban J connectivity index is 0.908. The summed E-state index contributed by atoms with van der Waals surface area (Å²) in [5.74, 6) is 0. The summed E-state index contributed by atoms with van der Waals surface area (Å²) in [6.07, 6.45) is 0. The van der Waals surface area contributed by atoms with E-state index >= 15 is 0 Å². The first-order chi connectivity index (χ1) is 36.2. The minimum absolute atomic E-state index is 0.160. The van der Waals surface area contributed by atoms with Gasteiger partial charge in [0.15, 0.2) is 0 Å². The van der Waals surface area contributed by atoms with Gasteiger partial charge in [0, 0.05) is 65.7 Å². The molecule has 2 aromatic heterocycles. The first-order valence-corrected chi connectivity index (χ1v) is 26.7. The van der Waals surface area contributed by atoms with Crippen molar-refractivity contribution in [2.24, 2.45) is 0 Å². The predicted molar refractivity (Wildman–Crippen MR) is 311 cm³/mol. The Hall–Kier alpha value is -8.40. The molecule has 0 unspecified atom stereocenters. The van der Waals surface area contributed by atoms with Crippen molar-refractivity contribution in [1.82, 2.24) is 0 Å². The van der Waals surface area contributed by atoms with Crippen LogP contribution in [0.3, 0.4) is 0 Å².